The van der Waals surface area contributed by atoms with Crippen molar-refractivity contribution in [2.75, 3.05) is 46.0 Å². The van der Waals surface area contributed by atoms with Gasteiger partial charge in [0, 0.05) is 32.7 Å². The van der Waals surface area contributed by atoms with Crippen LogP contribution in [0.5, 0.6) is 5.75 Å². The third-order valence-corrected chi connectivity index (χ3v) is 5.12. The van der Waals surface area contributed by atoms with Crippen LogP contribution < -0.4 is 15.7 Å². The molecule has 0 radical (unpaired) electrons. The van der Waals surface area contributed by atoms with Crippen LogP contribution in [0, 0.1) is 0 Å². The lowest BCUT2D eigenvalue weighted by molar-refractivity contribution is 0.0342. The van der Waals surface area contributed by atoms with Crippen molar-refractivity contribution < 1.29 is 9.47 Å². The Morgan fingerprint density at radius 1 is 0.968 bits per heavy atom. The topological polar surface area (TPSA) is 86.4 Å². The highest BCUT2D eigenvalue weighted by Crippen LogP contribution is 2.10. The third kappa shape index (κ3) is 6.00. The Bertz CT molecular complexity index is 980. The Morgan fingerprint density at radius 2 is 1.74 bits per heavy atom. The molecule has 31 heavy (non-hydrogen) atoms. The number of hydrogen-bond donors (Lipinski definition) is 1. The van der Waals surface area contributed by atoms with Gasteiger partial charge < -0.3 is 14.8 Å². The zero-order valence-corrected chi connectivity index (χ0v) is 17.5. The van der Waals surface area contributed by atoms with Crippen LogP contribution in [0.4, 0.5) is 0 Å². The van der Waals surface area contributed by atoms with E-state index in [0.29, 0.717) is 31.9 Å². The zero-order chi connectivity index (χ0) is 21.3. The summed E-state index contributed by atoms with van der Waals surface area (Å²) in [5.41, 5.74) is 1.67. The molecule has 2 aromatic carbocycles. The van der Waals surface area contributed by atoms with Crippen LogP contribution in [-0.2, 0) is 17.8 Å². The van der Waals surface area contributed by atoms with Crippen LogP contribution in [0.3, 0.4) is 0 Å². The van der Waals surface area contributed by atoms with Gasteiger partial charge in [-0.1, -0.05) is 30.3 Å². The lowest BCUT2D eigenvalue weighted by Gasteiger charge is -2.26. The lowest BCUT2D eigenvalue weighted by atomic mass is 10.2. The van der Waals surface area contributed by atoms with Crippen LogP contribution in [0.2, 0.25) is 0 Å². The predicted molar refractivity (Wildman–Crippen MR) is 117 cm³/mol. The molecule has 2 heterocycles. The molecule has 1 N–H and O–H groups in total. The minimum absolute atomic E-state index is 0.247. The van der Waals surface area contributed by atoms with E-state index in [1.807, 2.05) is 54.6 Å². The second-order valence-corrected chi connectivity index (χ2v) is 7.36. The summed E-state index contributed by atoms with van der Waals surface area (Å²) in [6, 6.07) is 17.6. The summed E-state index contributed by atoms with van der Waals surface area (Å²) >= 11 is 0. The molecule has 4 rings (SSSR count). The molecular formula is C22H28N6O3. The minimum Gasteiger partial charge on any atom is -0.492 e. The van der Waals surface area contributed by atoms with Gasteiger partial charge in [-0.15, -0.1) is 0 Å². The van der Waals surface area contributed by atoms with Gasteiger partial charge in [0.15, 0.2) is 0 Å². The molecule has 1 aliphatic heterocycles. The highest BCUT2D eigenvalue weighted by molar-refractivity contribution is 5.33. The number of ether oxygens (including phenoxy) is 2. The van der Waals surface area contributed by atoms with Crippen LogP contribution in [0.15, 0.2) is 59.4 Å². The smallest absolute Gasteiger partial charge is 0.368 e. The predicted octanol–water partition coefficient (Wildman–Crippen LogP) is 0.930. The molecule has 1 saturated heterocycles. The minimum atomic E-state index is -0.247. The van der Waals surface area contributed by atoms with Crippen molar-refractivity contribution in [2.24, 2.45) is 0 Å². The van der Waals surface area contributed by atoms with E-state index in [9.17, 15) is 4.79 Å². The second kappa shape index (κ2) is 10.9. The molecule has 0 amide bonds. The van der Waals surface area contributed by atoms with Crippen molar-refractivity contribution >= 4 is 0 Å². The van der Waals surface area contributed by atoms with Crippen molar-refractivity contribution in [2.45, 2.75) is 13.1 Å². The number of para-hydroxylation sites is 1. The van der Waals surface area contributed by atoms with Crippen molar-refractivity contribution in [1.29, 1.82) is 0 Å². The Balaban J connectivity index is 1.23. The fraction of sp³-hybridized carbons (Fsp3) is 0.409. The molecule has 0 spiro atoms. The quantitative estimate of drug-likeness (QED) is 0.485. The fourth-order valence-corrected chi connectivity index (χ4v) is 3.40. The number of aromatic nitrogens is 4. The van der Waals surface area contributed by atoms with Crippen molar-refractivity contribution in [3.05, 3.63) is 70.6 Å². The van der Waals surface area contributed by atoms with Crippen LogP contribution in [0.25, 0.3) is 5.69 Å². The molecule has 0 saturated carbocycles. The molecule has 9 nitrogen and oxygen atoms in total. The highest BCUT2D eigenvalue weighted by atomic mass is 16.5. The van der Waals surface area contributed by atoms with Gasteiger partial charge in [-0.25, -0.2) is 4.79 Å². The maximum atomic E-state index is 12.6. The van der Waals surface area contributed by atoms with Crippen molar-refractivity contribution in [1.82, 2.24) is 30.0 Å². The van der Waals surface area contributed by atoms with Gasteiger partial charge in [0.1, 0.15) is 12.4 Å². The van der Waals surface area contributed by atoms with Gasteiger partial charge in [0.2, 0.25) is 0 Å². The first-order chi connectivity index (χ1) is 15.3. The average molecular weight is 425 g/mol. The normalized spacial score (nSPS) is 14.6. The maximum absolute atomic E-state index is 12.6. The first-order valence-electron chi connectivity index (χ1n) is 10.6. The molecular weight excluding hydrogens is 396 g/mol. The summed E-state index contributed by atoms with van der Waals surface area (Å²) in [6.07, 6.45) is 0. The molecule has 164 valence electrons. The number of nitrogens with one attached hydrogen (secondary N) is 1. The standard InChI is InChI=1S/C22H28N6O3/c29-22-27(12-10-23-11-15-31-21-4-2-1-3-5-21)24-25-28(22)20-8-6-19(7-9-20)18-26-13-16-30-17-14-26/h1-9,23H,10-18H2. The van der Waals surface area contributed by atoms with E-state index in [1.54, 1.807) is 0 Å². The lowest BCUT2D eigenvalue weighted by Crippen LogP contribution is -2.35. The van der Waals surface area contributed by atoms with Gasteiger partial charge in [0.25, 0.3) is 0 Å². The Morgan fingerprint density at radius 3 is 2.52 bits per heavy atom. The van der Waals surface area contributed by atoms with Gasteiger partial charge >= 0.3 is 5.69 Å². The van der Waals surface area contributed by atoms with Crippen molar-refractivity contribution in [3.63, 3.8) is 0 Å². The summed E-state index contributed by atoms with van der Waals surface area (Å²) in [6.45, 7) is 6.63. The molecule has 1 aromatic heterocycles. The van der Waals surface area contributed by atoms with Gasteiger partial charge in [0.05, 0.1) is 25.4 Å². The van der Waals surface area contributed by atoms with E-state index in [4.69, 9.17) is 9.47 Å². The Hall–Kier alpha value is -3.01. The van der Waals surface area contributed by atoms with Gasteiger partial charge in [-0.3, -0.25) is 4.90 Å². The summed E-state index contributed by atoms with van der Waals surface area (Å²) in [5.74, 6) is 0.847. The average Bonchev–Trinajstić information content (AvgIpc) is 3.18. The van der Waals surface area contributed by atoms with E-state index < -0.39 is 0 Å². The summed E-state index contributed by atoms with van der Waals surface area (Å²) < 4.78 is 13.7. The molecule has 3 aromatic rings. The van der Waals surface area contributed by atoms with E-state index in [-0.39, 0.29) is 5.69 Å². The van der Waals surface area contributed by atoms with Crippen LogP contribution in [-0.4, -0.2) is 70.7 Å². The molecule has 0 unspecified atom stereocenters. The molecule has 9 heteroatoms. The largest absolute Gasteiger partial charge is 0.492 e. The Labute approximate surface area is 181 Å². The van der Waals surface area contributed by atoms with Gasteiger partial charge in [-0.2, -0.15) is 9.36 Å². The van der Waals surface area contributed by atoms with Crippen molar-refractivity contribution in [3.8, 4) is 11.4 Å². The van der Waals surface area contributed by atoms with Crippen LogP contribution in [0.1, 0.15) is 5.56 Å². The molecule has 1 aliphatic rings. The number of benzene rings is 2. The Kier molecular flexibility index (Phi) is 7.43. The summed E-state index contributed by atoms with van der Waals surface area (Å²) in [4.78, 5) is 15.0. The maximum Gasteiger partial charge on any atom is 0.368 e. The second-order valence-electron chi connectivity index (χ2n) is 7.36. The third-order valence-electron chi connectivity index (χ3n) is 5.12. The molecule has 1 fully saturated rings. The highest BCUT2D eigenvalue weighted by Gasteiger charge is 2.12. The molecule has 0 bridgehead atoms. The number of hydrogen-bond acceptors (Lipinski definition) is 7. The number of morpholine rings is 1. The van der Waals surface area contributed by atoms with Gasteiger partial charge in [-0.05, 0) is 40.3 Å². The van der Waals surface area contributed by atoms with E-state index in [0.717, 1.165) is 38.6 Å². The SMILES string of the molecule is O=c1n(CCNCCOc2ccccc2)nnn1-c1ccc(CN2CCOCC2)cc1. The molecule has 0 atom stereocenters. The van der Waals surface area contributed by atoms with E-state index >= 15 is 0 Å². The van der Waals surface area contributed by atoms with E-state index in [2.05, 4.69) is 20.6 Å². The summed E-state index contributed by atoms with van der Waals surface area (Å²) in [7, 11) is 0. The number of nitrogens with zero attached hydrogens (tertiary/aromatic N) is 5. The number of tetrazole rings is 1. The summed E-state index contributed by atoms with van der Waals surface area (Å²) in [5, 5.41) is 11.3. The fourth-order valence-electron chi connectivity index (χ4n) is 3.40. The number of rotatable bonds is 10. The first kappa shape index (κ1) is 21.2. The molecule has 0 aliphatic carbocycles. The van der Waals surface area contributed by atoms with Crippen LogP contribution >= 0.6 is 0 Å². The zero-order valence-electron chi connectivity index (χ0n) is 17.5. The van der Waals surface area contributed by atoms with E-state index in [1.165, 1.54) is 14.9 Å². The monoisotopic (exact) mass is 424 g/mol. The first-order valence-corrected chi connectivity index (χ1v) is 10.6.